The molecule has 0 aliphatic carbocycles. The molecule has 2 rings (SSSR count). The van der Waals surface area contributed by atoms with E-state index in [-0.39, 0.29) is 11.8 Å². The SMILES string of the molecule is CCS(=O)(=O)N1CCC[C@H]1c1cccs1. The van der Waals surface area contributed by atoms with Crippen molar-refractivity contribution in [1.82, 2.24) is 4.31 Å². The van der Waals surface area contributed by atoms with E-state index in [1.807, 2.05) is 17.5 Å². The van der Waals surface area contributed by atoms with Gasteiger partial charge in [-0.2, -0.15) is 4.31 Å². The molecule has 3 nitrogen and oxygen atoms in total. The second-order valence-electron chi connectivity index (χ2n) is 3.68. The van der Waals surface area contributed by atoms with Gasteiger partial charge >= 0.3 is 0 Å². The van der Waals surface area contributed by atoms with E-state index in [0.29, 0.717) is 6.54 Å². The minimum Gasteiger partial charge on any atom is -0.212 e. The lowest BCUT2D eigenvalue weighted by molar-refractivity contribution is 0.402. The molecule has 2 heterocycles. The normalized spacial score (nSPS) is 23.4. The van der Waals surface area contributed by atoms with E-state index in [2.05, 4.69) is 0 Å². The van der Waals surface area contributed by atoms with Gasteiger partial charge in [-0.05, 0) is 31.2 Å². The van der Waals surface area contributed by atoms with Crippen LogP contribution in [-0.4, -0.2) is 25.0 Å². The van der Waals surface area contributed by atoms with Gasteiger partial charge in [0.15, 0.2) is 0 Å². The average Bonchev–Trinajstić information content (AvgIpc) is 2.87. The predicted molar refractivity (Wildman–Crippen MR) is 62.5 cm³/mol. The van der Waals surface area contributed by atoms with Crippen molar-refractivity contribution >= 4 is 21.4 Å². The second kappa shape index (κ2) is 4.23. The van der Waals surface area contributed by atoms with Gasteiger partial charge < -0.3 is 0 Å². The quantitative estimate of drug-likeness (QED) is 0.819. The molecule has 0 aromatic carbocycles. The number of rotatable bonds is 3. The highest BCUT2D eigenvalue weighted by molar-refractivity contribution is 7.89. The Bertz CT molecular complexity index is 411. The third-order valence-corrected chi connectivity index (χ3v) is 5.65. The van der Waals surface area contributed by atoms with Crippen molar-refractivity contribution in [3.63, 3.8) is 0 Å². The average molecular weight is 245 g/mol. The summed E-state index contributed by atoms with van der Waals surface area (Å²) in [5.41, 5.74) is 0. The zero-order chi connectivity index (χ0) is 10.9. The Balaban J connectivity index is 2.27. The van der Waals surface area contributed by atoms with Crippen LogP contribution in [0.15, 0.2) is 17.5 Å². The number of hydrogen-bond donors (Lipinski definition) is 0. The van der Waals surface area contributed by atoms with Gasteiger partial charge in [0, 0.05) is 11.4 Å². The van der Waals surface area contributed by atoms with Gasteiger partial charge in [0.25, 0.3) is 0 Å². The maximum Gasteiger partial charge on any atom is 0.214 e. The molecule has 0 amide bonds. The van der Waals surface area contributed by atoms with Crippen LogP contribution in [0.5, 0.6) is 0 Å². The molecule has 84 valence electrons. The van der Waals surface area contributed by atoms with Gasteiger partial charge in [0.1, 0.15) is 0 Å². The molecule has 1 aromatic rings. The van der Waals surface area contributed by atoms with Crippen LogP contribution >= 0.6 is 11.3 Å². The Morgan fingerprint density at radius 3 is 3.00 bits per heavy atom. The fraction of sp³-hybridized carbons (Fsp3) is 0.600. The molecule has 0 radical (unpaired) electrons. The van der Waals surface area contributed by atoms with Crippen LogP contribution in [0.3, 0.4) is 0 Å². The van der Waals surface area contributed by atoms with E-state index in [4.69, 9.17) is 0 Å². The Kier molecular flexibility index (Phi) is 3.13. The lowest BCUT2D eigenvalue weighted by Gasteiger charge is -2.22. The highest BCUT2D eigenvalue weighted by Gasteiger charge is 2.34. The lowest BCUT2D eigenvalue weighted by Crippen LogP contribution is -2.31. The van der Waals surface area contributed by atoms with Gasteiger partial charge in [-0.15, -0.1) is 11.3 Å². The Morgan fingerprint density at radius 1 is 1.60 bits per heavy atom. The minimum absolute atomic E-state index is 0.0925. The van der Waals surface area contributed by atoms with E-state index >= 15 is 0 Å². The maximum absolute atomic E-state index is 11.8. The lowest BCUT2D eigenvalue weighted by atomic mass is 10.2. The van der Waals surface area contributed by atoms with Crippen molar-refractivity contribution in [2.45, 2.75) is 25.8 Å². The van der Waals surface area contributed by atoms with Crippen LogP contribution in [0.4, 0.5) is 0 Å². The fourth-order valence-electron chi connectivity index (χ4n) is 2.00. The van der Waals surface area contributed by atoms with E-state index in [9.17, 15) is 8.42 Å². The molecular weight excluding hydrogens is 230 g/mol. The van der Waals surface area contributed by atoms with Gasteiger partial charge in [-0.25, -0.2) is 8.42 Å². The molecule has 0 unspecified atom stereocenters. The van der Waals surface area contributed by atoms with Crippen LogP contribution in [0.2, 0.25) is 0 Å². The number of thiophene rings is 1. The Hall–Kier alpha value is -0.390. The van der Waals surface area contributed by atoms with Crippen molar-refractivity contribution < 1.29 is 8.42 Å². The molecule has 15 heavy (non-hydrogen) atoms. The topological polar surface area (TPSA) is 37.4 Å². The maximum atomic E-state index is 11.8. The fourth-order valence-corrected chi connectivity index (χ4v) is 4.29. The molecule has 1 aliphatic rings. The molecule has 1 saturated heterocycles. The first-order valence-electron chi connectivity index (χ1n) is 5.18. The van der Waals surface area contributed by atoms with Crippen molar-refractivity contribution in [1.29, 1.82) is 0 Å². The monoisotopic (exact) mass is 245 g/mol. The van der Waals surface area contributed by atoms with Crippen LogP contribution in [-0.2, 0) is 10.0 Å². The third kappa shape index (κ3) is 2.09. The second-order valence-corrected chi connectivity index (χ2v) is 6.87. The minimum atomic E-state index is -3.03. The first-order chi connectivity index (χ1) is 7.15. The van der Waals surface area contributed by atoms with Gasteiger partial charge in [-0.1, -0.05) is 6.07 Å². The van der Waals surface area contributed by atoms with Crippen LogP contribution < -0.4 is 0 Å². The number of nitrogens with zero attached hydrogens (tertiary/aromatic N) is 1. The largest absolute Gasteiger partial charge is 0.214 e. The van der Waals surface area contributed by atoms with E-state index in [1.165, 1.54) is 4.88 Å². The first kappa shape index (κ1) is 11.1. The van der Waals surface area contributed by atoms with Crippen LogP contribution in [0.25, 0.3) is 0 Å². The predicted octanol–water partition coefficient (Wildman–Crippen LogP) is 2.23. The standard InChI is InChI=1S/C10H15NO2S2/c1-2-15(12,13)11-7-3-5-9(11)10-6-4-8-14-10/h4,6,8-9H,2-3,5,7H2,1H3/t9-/m0/s1. The summed E-state index contributed by atoms with van der Waals surface area (Å²) in [6.45, 7) is 2.39. The summed E-state index contributed by atoms with van der Waals surface area (Å²) < 4.78 is 25.3. The van der Waals surface area contributed by atoms with Crippen molar-refractivity contribution in [2.75, 3.05) is 12.3 Å². The zero-order valence-corrected chi connectivity index (χ0v) is 10.4. The smallest absolute Gasteiger partial charge is 0.212 e. The highest BCUT2D eigenvalue weighted by Crippen LogP contribution is 2.36. The van der Waals surface area contributed by atoms with Gasteiger partial charge in [0.05, 0.1) is 11.8 Å². The molecule has 0 bridgehead atoms. The van der Waals surface area contributed by atoms with Crippen LogP contribution in [0.1, 0.15) is 30.7 Å². The van der Waals surface area contributed by atoms with E-state index < -0.39 is 10.0 Å². The van der Waals surface area contributed by atoms with E-state index in [0.717, 1.165) is 12.8 Å². The number of sulfonamides is 1. The summed E-state index contributed by atoms with van der Waals surface area (Å²) in [6.07, 6.45) is 1.93. The number of hydrogen-bond acceptors (Lipinski definition) is 3. The summed E-state index contributed by atoms with van der Waals surface area (Å²) in [6, 6.07) is 4.10. The van der Waals surface area contributed by atoms with E-state index in [1.54, 1.807) is 22.6 Å². The molecule has 0 N–H and O–H groups in total. The first-order valence-corrected chi connectivity index (χ1v) is 7.67. The van der Waals surface area contributed by atoms with Crippen molar-refractivity contribution in [3.05, 3.63) is 22.4 Å². The molecular formula is C10H15NO2S2. The van der Waals surface area contributed by atoms with Crippen LogP contribution in [0, 0.1) is 0 Å². The summed E-state index contributed by atoms with van der Waals surface area (Å²) in [4.78, 5) is 1.17. The molecule has 1 aliphatic heterocycles. The molecule has 1 fully saturated rings. The molecule has 5 heteroatoms. The summed E-state index contributed by atoms with van der Waals surface area (Å²) >= 11 is 1.64. The summed E-state index contributed by atoms with van der Waals surface area (Å²) in [5, 5.41) is 2.00. The Morgan fingerprint density at radius 2 is 2.40 bits per heavy atom. The summed E-state index contributed by atoms with van der Waals surface area (Å²) in [7, 11) is -3.03. The van der Waals surface area contributed by atoms with Crippen molar-refractivity contribution in [3.8, 4) is 0 Å². The van der Waals surface area contributed by atoms with Crippen molar-refractivity contribution in [2.24, 2.45) is 0 Å². The molecule has 1 aromatic heterocycles. The van der Waals surface area contributed by atoms with Gasteiger partial charge in [0.2, 0.25) is 10.0 Å². The Labute approximate surface area is 94.8 Å². The molecule has 1 atom stereocenters. The third-order valence-electron chi connectivity index (χ3n) is 2.80. The highest BCUT2D eigenvalue weighted by atomic mass is 32.2. The molecule has 0 spiro atoms. The zero-order valence-electron chi connectivity index (χ0n) is 8.72. The summed E-state index contributed by atoms with van der Waals surface area (Å²) in [5.74, 6) is 0.203. The molecule has 0 saturated carbocycles. The van der Waals surface area contributed by atoms with Gasteiger partial charge in [-0.3, -0.25) is 0 Å².